The molecule has 3 nitrogen and oxygen atoms in total. The zero-order valence-corrected chi connectivity index (χ0v) is 8.13. The predicted molar refractivity (Wildman–Crippen MR) is 49.4 cm³/mol. The molecule has 0 N–H and O–H groups in total. The summed E-state index contributed by atoms with van der Waals surface area (Å²) in [7, 11) is 0. The number of piperazine rings is 1. The van der Waals surface area contributed by atoms with Crippen molar-refractivity contribution in [2.45, 2.75) is 12.4 Å². The Bertz CT molecular complexity index is 146. The van der Waals surface area contributed by atoms with Crippen molar-refractivity contribution < 1.29 is 4.79 Å². The van der Waals surface area contributed by atoms with Crippen LogP contribution in [-0.4, -0.2) is 54.3 Å². The highest BCUT2D eigenvalue weighted by Crippen LogP contribution is 2.07. The van der Waals surface area contributed by atoms with Crippen LogP contribution >= 0.6 is 11.6 Å². The zero-order chi connectivity index (χ0) is 8.97. The molecule has 0 aliphatic carbocycles. The predicted octanol–water partition coefficient (Wildman–Crippen LogP) is 0.388. The van der Waals surface area contributed by atoms with Gasteiger partial charge in [0, 0.05) is 26.2 Å². The number of likely N-dealkylation sites (N-methyl/N-ethyl adjacent to an activating group) is 1. The summed E-state index contributed by atoms with van der Waals surface area (Å²) in [6.45, 7) is 7.08. The van der Waals surface area contributed by atoms with Gasteiger partial charge in [0.05, 0.1) is 0 Å². The molecule has 12 heavy (non-hydrogen) atoms. The Hall–Kier alpha value is -0.120. The quantitative estimate of drug-likeness (QED) is 0.366. The first-order valence-electron chi connectivity index (χ1n) is 4.33. The minimum absolute atomic E-state index is 0.427. The molecule has 0 bridgehead atoms. The van der Waals surface area contributed by atoms with Crippen molar-refractivity contribution in [1.82, 2.24) is 9.80 Å². The van der Waals surface area contributed by atoms with Gasteiger partial charge in [-0.25, -0.2) is 0 Å². The maximum atomic E-state index is 10.4. The van der Waals surface area contributed by atoms with Crippen LogP contribution in [0.1, 0.15) is 6.92 Å². The molecule has 1 atom stereocenters. The highest BCUT2D eigenvalue weighted by atomic mass is 35.5. The maximum absolute atomic E-state index is 10.4. The molecular formula is C8H15ClN2O. The van der Waals surface area contributed by atoms with Crippen LogP contribution in [-0.2, 0) is 4.79 Å². The standard InChI is InChI=1S/C8H15ClN2O/c1-2-10-3-5-11(6-4-10)8(9)7-12/h7-8H,2-6H2,1H3. The van der Waals surface area contributed by atoms with Crippen LogP contribution in [0.25, 0.3) is 0 Å². The molecule has 1 rings (SSSR count). The van der Waals surface area contributed by atoms with E-state index in [0.717, 1.165) is 39.0 Å². The van der Waals surface area contributed by atoms with Gasteiger partial charge in [-0.15, -0.1) is 0 Å². The molecule has 0 spiro atoms. The number of halogens is 1. The minimum atomic E-state index is -0.427. The second kappa shape index (κ2) is 4.80. The largest absolute Gasteiger partial charge is 0.301 e. The lowest BCUT2D eigenvalue weighted by Gasteiger charge is -2.34. The molecule has 0 amide bonds. The van der Waals surface area contributed by atoms with Crippen molar-refractivity contribution in [1.29, 1.82) is 0 Å². The third kappa shape index (κ3) is 2.44. The molecule has 1 heterocycles. The van der Waals surface area contributed by atoms with Crippen LogP contribution in [0.2, 0.25) is 0 Å². The molecule has 70 valence electrons. The van der Waals surface area contributed by atoms with E-state index >= 15 is 0 Å². The van der Waals surface area contributed by atoms with Gasteiger partial charge in [-0.3, -0.25) is 4.90 Å². The Morgan fingerprint density at radius 3 is 2.42 bits per heavy atom. The Morgan fingerprint density at radius 2 is 2.00 bits per heavy atom. The molecule has 0 aromatic heterocycles. The van der Waals surface area contributed by atoms with E-state index in [0.29, 0.717) is 0 Å². The Balaban J connectivity index is 2.30. The number of rotatable bonds is 3. The normalized spacial score (nSPS) is 23.8. The molecule has 1 unspecified atom stereocenters. The van der Waals surface area contributed by atoms with E-state index in [1.165, 1.54) is 0 Å². The number of hydrogen-bond acceptors (Lipinski definition) is 3. The van der Waals surface area contributed by atoms with Crippen molar-refractivity contribution in [3.8, 4) is 0 Å². The van der Waals surface area contributed by atoms with Crippen LogP contribution in [0.3, 0.4) is 0 Å². The van der Waals surface area contributed by atoms with E-state index in [1.54, 1.807) is 0 Å². The Morgan fingerprint density at radius 1 is 1.42 bits per heavy atom. The molecule has 0 aromatic carbocycles. The second-order valence-corrected chi connectivity index (χ2v) is 3.43. The Kier molecular flexibility index (Phi) is 3.98. The van der Waals surface area contributed by atoms with Gasteiger partial charge in [0.2, 0.25) is 0 Å². The average Bonchev–Trinajstić information content (AvgIpc) is 2.17. The lowest BCUT2D eigenvalue weighted by atomic mass is 10.3. The number of hydrogen-bond donors (Lipinski definition) is 0. The van der Waals surface area contributed by atoms with Crippen molar-refractivity contribution in [2.24, 2.45) is 0 Å². The number of nitrogens with zero attached hydrogens (tertiary/aromatic N) is 2. The van der Waals surface area contributed by atoms with E-state index in [4.69, 9.17) is 11.6 Å². The molecule has 1 aliphatic heterocycles. The molecule has 1 aliphatic rings. The lowest BCUT2D eigenvalue weighted by Crippen LogP contribution is -2.49. The van der Waals surface area contributed by atoms with Gasteiger partial charge in [0.1, 0.15) is 5.50 Å². The summed E-state index contributed by atoms with van der Waals surface area (Å²) in [6.07, 6.45) is 0.795. The first kappa shape index (κ1) is 9.96. The first-order valence-corrected chi connectivity index (χ1v) is 4.77. The van der Waals surface area contributed by atoms with Crippen molar-refractivity contribution in [3.05, 3.63) is 0 Å². The third-order valence-corrected chi connectivity index (χ3v) is 2.69. The monoisotopic (exact) mass is 190 g/mol. The molecule has 0 saturated carbocycles. The molecule has 1 saturated heterocycles. The van der Waals surface area contributed by atoms with Crippen LogP contribution in [0.15, 0.2) is 0 Å². The fourth-order valence-corrected chi connectivity index (χ4v) is 1.61. The zero-order valence-electron chi connectivity index (χ0n) is 7.37. The fourth-order valence-electron chi connectivity index (χ4n) is 1.41. The van der Waals surface area contributed by atoms with E-state index in [2.05, 4.69) is 11.8 Å². The minimum Gasteiger partial charge on any atom is -0.301 e. The summed E-state index contributed by atoms with van der Waals surface area (Å²) in [5.74, 6) is 0. The summed E-state index contributed by atoms with van der Waals surface area (Å²) in [5, 5.41) is 0. The van der Waals surface area contributed by atoms with Crippen molar-refractivity contribution in [2.75, 3.05) is 32.7 Å². The van der Waals surface area contributed by atoms with Gasteiger partial charge >= 0.3 is 0 Å². The number of carbonyl (C=O) groups excluding carboxylic acids is 1. The SMILES string of the molecule is CCN1CCN(C(Cl)C=O)CC1. The molecule has 0 aromatic rings. The molecule has 0 radical (unpaired) electrons. The summed E-state index contributed by atoms with van der Waals surface area (Å²) in [6, 6.07) is 0. The Labute approximate surface area is 78.3 Å². The molecular weight excluding hydrogens is 176 g/mol. The lowest BCUT2D eigenvalue weighted by molar-refractivity contribution is -0.110. The summed E-state index contributed by atoms with van der Waals surface area (Å²) >= 11 is 5.77. The highest BCUT2D eigenvalue weighted by Gasteiger charge is 2.20. The van der Waals surface area contributed by atoms with Gasteiger partial charge in [-0.1, -0.05) is 18.5 Å². The van der Waals surface area contributed by atoms with Gasteiger partial charge < -0.3 is 9.69 Å². The van der Waals surface area contributed by atoms with E-state index in [1.807, 2.05) is 4.90 Å². The van der Waals surface area contributed by atoms with Crippen LogP contribution in [0.5, 0.6) is 0 Å². The fraction of sp³-hybridized carbons (Fsp3) is 0.875. The third-order valence-electron chi connectivity index (χ3n) is 2.32. The van der Waals surface area contributed by atoms with Gasteiger partial charge in [0.25, 0.3) is 0 Å². The number of carbonyl (C=O) groups is 1. The van der Waals surface area contributed by atoms with Crippen molar-refractivity contribution >= 4 is 17.9 Å². The second-order valence-electron chi connectivity index (χ2n) is 2.98. The summed E-state index contributed by atoms with van der Waals surface area (Å²) in [4.78, 5) is 14.7. The summed E-state index contributed by atoms with van der Waals surface area (Å²) < 4.78 is 0. The van der Waals surface area contributed by atoms with Crippen molar-refractivity contribution in [3.63, 3.8) is 0 Å². The van der Waals surface area contributed by atoms with Gasteiger partial charge in [0.15, 0.2) is 6.29 Å². The van der Waals surface area contributed by atoms with Gasteiger partial charge in [-0.2, -0.15) is 0 Å². The van der Waals surface area contributed by atoms with E-state index in [-0.39, 0.29) is 0 Å². The van der Waals surface area contributed by atoms with E-state index in [9.17, 15) is 4.79 Å². The van der Waals surface area contributed by atoms with Crippen LogP contribution in [0.4, 0.5) is 0 Å². The molecule has 4 heteroatoms. The smallest absolute Gasteiger partial charge is 0.152 e. The maximum Gasteiger partial charge on any atom is 0.152 e. The van der Waals surface area contributed by atoms with Crippen LogP contribution < -0.4 is 0 Å². The highest BCUT2D eigenvalue weighted by molar-refractivity contribution is 6.27. The molecule has 1 fully saturated rings. The number of alkyl halides is 1. The average molecular weight is 191 g/mol. The van der Waals surface area contributed by atoms with Gasteiger partial charge in [-0.05, 0) is 6.54 Å². The first-order chi connectivity index (χ1) is 5.77. The summed E-state index contributed by atoms with van der Waals surface area (Å²) in [5.41, 5.74) is -0.427. The van der Waals surface area contributed by atoms with E-state index < -0.39 is 5.50 Å². The number of aldehydes is 1. The van der Waals surface area contributed by atoms with Crippen LogP contribution in [0, 0.1) is 0 Å². The topological polar surface area (TPSA) is 23.6 Å².